The Morgan fingerprint density at radius 2 is 1.64 bits per heavy atom. The van der Waals surface area contributed by atoms with Crippen LogP contribution in [0.15, 0.2) is 43.0 Å². The minimum atomic E-state index is -1.20. The summed E-state index contributed by atoms with van der Waals surface area (Å²) >= 11 is 0. The third-order valence-corrected chi connectivity index (χ3v) is 8.79. The van der Waals surface area contributed by atoms with Gasteiger partial charge in [-0.1, -0.05) is 71.0 Å². The third kappa shape index (κ3) is 9.65. The number of nitrogens with zero attached hydrogens (tertiary/aromatic N) is 1. The molecule has 12 heteroatoms. The first kappa shape index (κ1) is 37.2. The molecule has 2 aliphatic rings. The van der Waals surface area contributed by atoms with Gasteiger partial charge in [0.2, 0.25) is 23.5 Å². The summed E-state index contributed by atoms with van der Waals surface area (Å²) in [7, 11) is 0. The number of piperidine rings is 1. The van der Waals surface area contributed by atoms with Gasteiger partial charge in [0.15, 0.2) is 0 Å². The van der Waals surface area contributed by atoms with Gasteiger partial charge in [-0.3, -0.25) is 24.0 Å². The van der Waals surface area contributed by atoms with Crippen molar-refractivity contribution in [2.75, 3.05) is 13.1 Å². The molecule has 0 radical (unpaired) electrons. The number of rotatable bonds is 13. The molecule has 1 saturated heterocycles. The number of fused-ring (bicyclic) bond motifs is 1. The largest absolute Gasteiger partial charge is 0.444 e. The Hall–Kier alpha value is -4.22. The molecule has 258 valence electrons. The van der Waals surface area contributed by atoms with Crippen molar-refractivity contribution in [2.24, 2.45) is 22.7 Å². The molecule has 4 N–H and O–H groups in total. The lowest BCUT2D eigenvalue weighted by Gasteiger charge is -2.38. The monoisotopic (exact) mass is 653 g/mol. The maximum atomic E-state index is 14.1. The number of benzene rings is 1. The molecule has 1 aromatic rings. The molecule has 1 saturated carbocycles. The molecule has 0 spiro atoms. The lowest BCUT2D eigenvalue weighted by molar-refractivity contribution is -0.145. The van der Waals surface area contributed by atoms with Crippen LogP contribution in [0.25, 0.3) is 0 Å². The van der Waals surface area contributed by atoms with Crippen molar-refractivity contribution in [2.45, 2.75) is 98.5 Å². The van der Waals surface area contributed by atoms with Crippen LogP contribution >= 0.6 is 0 Å². The topological polar surface area (TPSA) is 163 Å². The molecule has 0 bridgehead atoms. The average Bonchev–Trinajstić information content (AvgIpc) is 3.29. The van der Waals surface area contributed by atoms with Gasteiger partial charge in [0, 0.05) is 13.1 Å². The molecule has 5 atom stereocenters. The van der Waals surface area contributed by atoms with Crippen LogP contribution in [0.3, 0.4) is 0 Å². The highest BCUT2D eigenvalue weighted by Crippen LogP contribution is 2.65. The molecule has 5 amide bonds. The number of ketones is 1. The first-order valence-corrected chi connectivity index (χ1v) is 16.1. The zero-order valence-electron chi connectivity index (χ0n) is 28.9. The van der Waals surface area contributed by atoms with E-state index in [1.807, 2.05) is 65.0 Å². The second-order valence-electron chi connectivity index (χ2n) is 15.1. The zero-order chi connectivity index (χ0) is 35.3. The SMILES string of the molecule is C=CCCC(NC(=O)[C@@H]1[C@@H]2[C@H](CN1C(=O)C(NC(=O)OC(C)(C)C)C(C)(C)C)C2(C)C)C(=O)C(=O)NCC(=O)NCc1ccccc1. The van der Waals surface area contributed by atoms with Crippen LogP contribution < -0.4 is 21.3 Å². The Labute approximate surface area is 277 Å². The quantitative estimate of drug-likeness (QED) is 0.188. The van der Waals surface area contributed by atoms with Gasteiger partial charge in [-0.15, -0.1) is 6.58 Å². The standard InChI is InChI=1S/C35H51N5O7/c1-10-11-17-23(27(42)30(44)37-19-24(41)36-18-21-15-13-12-14-16-21)38-29(43)26-25-22(35(25,8)9)20-40(26)31(45)28(33(2,3)4)39-32(46)47-34(5,6)7/h10,12-16,22-23,25-26,28H,1,11,17-20H2,2-9H3,(H,36,41)(H,37,44)(H,38,43)(H,39,46)/t22-,23?,25-,26-,28?/m0/s1. The fourth-order valence-corrected chi connectivity index (χ4v) is 6.13. The van der Waals surface area contributed by atoms with Crippen molar-refractivity contribution in [3.63, 3.8) is 0 Å². The van der Waals surface area contributed by atoms with Gasteiger partial charge in [0.1, 0.15) is 17.7 Å². The van der Waals surface area contributed by atoms with E-state index in [9.17, 15) is 28.8 Å². The highest BCUT2D eigenvalue weighted by molar-refractivity contribution is 6.38. The second-order valence-corrected chi connectivity index (χ2v) is 15.1. The number of Topliss-reactive ketones (excluding diaryl/α,β-unsaturated/α-hetero) is 1. The van der Waals surface area contributed by atoms with Crippen molar-refractivity contribution in [3.05, 3.63) is 48.6 Å². The molecule has 1 aliphatic carbocycles. The number of nitrogens with one attached hydrogen (secondary N) is 4. The van der Waals surface area contributed by atoms with E-state index in [2.05, 4.69) is 27.8 Å². The molecule has 3 rings (SSSR count). The summed E-state index contributed by atoms with van der Waals surface area (Å²) in [4.78, 5) is 80.7. The Bertz CT molecular complexity index is 1360. The summed E-state index contributed by atoms with van der Waals surface area (Å²) in [5.41, 5.74) is -0.835. The second kappa shape index (κ2) is 14.7. The maximum Gasteiger partial charge on any atom is 0.408 e. The van der Waals surface area contributed by atoms with Crippen LogP contribution in [0.2, 0.25) is 0 Å². The predicted octanol–water partition coefficient (Wildman–Crippen LogP) is 2.86. The van der Waals surface area contributed by atoms with Crippen LogP contribution in [0.5, 0.6) is 0 Å². The fraction of sp³-hybridized carbons (Fsp3) is 0.600. The Morgan fingerprint density at radius 3 is 2.21 bits per heavy atom. The summed E-state index contributed by atoms with van der Waals surface area (Å²) in [6.45, 7) is 18.5. The number of carbonyl (C=O) groups excluding carboxylic acids is 6. The summed E-state index contributed by atoms with van der Waals surface area (Å²) in [5, 5.41) is 10.5. The zero-order valence-corrected chi connectivity index (χ0v) is 28.9. The number of alkyl carbamates (subject to hydrolysis) is 1. The third-order valence-electron chi connectivity index (χ3n) is 8.79. The lowest BCUT2D eigenvalue weighted by atomic mass is 9.85. The number of likely N-dealkylation sites (tertiary alicyclic amines) is 1. The molecule has 1 heterocycles. The molecule has 1 aromatic carbocycles. The van der Waals surface area contributed by atoms with E-state index < -0.39 is 71.2 Å². The van der Waals surface area contributed by atoms with Gasteiger partial charge >= 0.3 is 6.09 Å². The van der Waals surface area contributed by atoms with Gasteiger partial charge in [-0.25, -0.2) is 4.79 Å². The molecular formula is C35H51N5O7. The number of ether oxygens (including phenoxy) is 1. The highest BCUT2D eigenvalue weighted by Gasteiger charge is 2.70. The Kier molecular flexibility index (Phi) is 11.6. The van der Waals surface area contributed by atoms with E-state index in [1.165, 1.54) is 4.90 Å². The molecule has 12 nitrogen and oxygen atoms in total. The number of allylic oxidation sites excluding steroid dienone is 1. The first-order valence-electron chi connectivity index (χ1n) is 16.1. The van der Waals surface area contributed by atoms with Crippen LogP contribution in [0.1, 0.15) is 73.8 Å². The van der Waals surface area contributed by atoms with Gasteiger partial charge in [0.05, 0.1) is 12.6 Å². The number of hydrogen-bond acceptors (Lipinski definition) is 7. The molecule has 1 aliphatic heterocycles. The van der Waals surface area contributed by atoms with E-state index in [1.54, 1.807) is 26.8 Å². The lowest BCUT2D eigenvalue weighted by Crippen LogP contribution is -2.60. The van der Waals surface area contributed by atoms with Crippen LogP contribution in [0, 0.1) is 22.7 Å². The highest BCUT2D eigenvalue weighted by atomic mass is 16.6. The van der Waals surface area contributed by atoms with Gasteiger partial charge in [-0.2, -0.15) is 0 Å². The van der Waals surface area contributed by atoms with Crippen molar-refractivity contribution in [3.8, 4) is 0 Å². The maximum absolute atomic E-state index is 14.1. The van der Waals surface area contributed by atoms with E-state index in [0.717, 1.165) is 5.56 Å². The normalized spacial score (nSPS) is 20.9. The fourth-order valence-electron chi connectivity index (χ4n) is 6.13. The Morgan fingerprint density at radius 1 is 1.00 bits per heavy atom. The molecule has 0 aromatic heterocycles. The van der Waals surface area contributed by atoms with Crippen molar-refractivity contribution < 1.29 is 33.5 Å². The molecule has 2 fully saturated rings. The van der Waals surface area contributed by atoms with Crippen LogP contribution in [-0.4, -0.2) is 77.2 Å². The molecule has 47 heavy (non-hydrogen) atoms. The molecule has 2 unspecified atom stereocenters. The van der Waals surface area contributed by atoms with E-state index in [4.69, 9.17) is 4.74 Å². The summed E-state index contributed by atoms with van der Waals surface area (Å²) in [5.74, 6) is -3.50. The minimum absolute atomic E-state index is 0.0457. The Balaban J connectivity index is 1.73. The number of carbonyl (C=O) groups is 6. The summed E-state index contributed by atoms with van der Waals surface area (Å²) in [6.07, 6.45) is 1.26. The van der Waals surface area contributed by atoms with Gasteiger partial charge < -0.3 is 30.9 Å². The van der Waals surface area contributed by atoms with Crippen molar-refractivity contribution >= 4 is 35.5 Å². The van der Waals surface area contributed by atoms with E-state index in [-0.39, 0.29) is 30.2 Å². The van der Waals surface area contributed by atoms with E-state index in [0.29, 0.717) is 13.0 Å². The average molecular weight is 654 g/mol. The van der Waals surface area contributed by atoms with Gasteiger partial charge in [-0.05, 0) is 61.8 Å². The minimum Gasteiger partial charge on any atom is -0.444 e. The first-order chi connectivity index (χ1) is 21.8. The van der Waals surface area contributed by atoms with Crippen molar-refractivity contribution in [1.29, 1.82) is 0 Å². The van der Waals surface area contributed by atoms with Gasteiger partial charge in [0.25, 0.3) is 5.91 Å². The number of hydrogen-bond donors (Lipinski definition) is 4. The van der Waals surface area contributed by atoms with Crippen molar-refractivity contribution in [1.82, 2.24) is 26.2 Å². The summed E-state index contributed by atoms with van der Waals surface area (Å²) < 4.78 is 5.41. The van der Waals surface area contributed by atoms with E-state index >= 15 is 0 Å². The van der Waals surface area contributed by atoms with Crippen LogP contribution in [-0.2, 0) is 35.3 Å². The van der Waals surface area contributed by atoms with Crippen LogP contribution in [0.4, 0.5) is 4.79 Å². The predicted molar refractivity (Wildman–Crippen MR) is 177 cm³/mol. The number of amides is 5. The molecular weight excluding hydrogens is 602 g/mol. The summed E-state index contributed by atoms with van der Waals surface area (Å²) in [6, 6.07) is 6.12. The smallest absolute Gasteiger partial charge is 0.408 e.